The molecule has 0 saturated carbocycles. The molecule has 0 atom stereocenters. The fraction of sp³-hybridized carbons (Fsp3) is 0.250. The summed E-state index contributed by atoms with van der Waals surface area (Å²) in [5.41, 5.74) is 4.09. The van der Waals surface area contributed by atoms with Crippen LogP contribution in [0.5, 0.6) is 5.75 Å². The molecule has 0 aliphatic carbocycles. The Morgan fingerprint density at radius 2 is 1.93 bits per heavy atom. The van der Waals surface area contributed by atoms with E-state index in [1.165, 1.54) is 11.8 Å². The number of carbonyl (C=O) groups is 1. The molecule has 0 bridgehead atoms. The molecular weight excluding hydrogens is 440 g/mol. The molecule has 6 nitrogen and oxygen atoms in total. The lowest BCUT2D eigenvalue weighted by Gasteiger charge is -2.11. The molecule has 3 aromatic rings. The third-order valence-electron chi connectivity index (χ3n) is 4.37. The van der Waals surface area contributed by atoms with Crippen LogP contribution in [-0.4, -0.2) is 34.0 Å². The van der Waals surface area contributed by atoms with Gasteiger partial charge in [0, 0.05) is 16.6 Å². The summed E-state index contributed by atoms with van der Waals surface area (Å²) in [4.78, 5) is 16.7. The van der Waals surface area contributed by atoms with Gasteiger partial charge in [-0.1, -0.05) is 39.8 Å². The zero-order valence-electron chi connectivity index (χ0n) is 15.9. The molecule has 1 heterocycles. The van der Waals surface area contributed by atoms with Gasteiger partial charge in [0.05, 0.1) is 12.9 Å². The Balaban J connectivity index is 1.53. The maximum atomic E-state index is 12.3. The van der Waals surface area contributed by atoms with E-state index in [1.807, 2.05) is 50.2 Å². The van der Waals surface area contributed by atoms with Crippen LogP contribution in [0.2, 0.25) is 0 Å². The van der Waals surface area contributed by atoms with Crippen molar-refractivity contribution in [2.24, 2.45) is 0 Å². The maximum Gasteiger partial charge on any atom is 0.234 e. The van der Waals surface area contributed by atoms with E-state index >= 15 is 0 Å². The van der Waals surface area contributed by atoms with Crippen molar-refractivity contribution in [2.75, 3.05) is 18.2 Å². The largest absolute Gasteiger partial charge is 0.497 e. The Bertz CT molecular complexity index is 973. The summed E-state index contributed by atoms with van der Waals surface area (Å²) in [6.45, 7) is 4.01. The second kappa shape index (κ2) is 9.25. The summed E-state index contributed by atoms with van der Waals surface area (Å²) in [6.07, 6.45) is 0.640. The number of nitrogens with zero attached hydrogens (tertiary/aromatic N) is 2. The summed E-state index contributed by atoms with van der Waals surface area (Å²) in [6, 6.07) is 11.6. The van der Waals surface area contributed by atoms with Crippen LogP contribution in [0.3, 0.4) is 0 Å². The molecule has 0 aliphatic heterocycles. The molecule has 0 saturated heterocycles. The van der Waals surface area contributed by atoms with Gasteiger partial charge in [-0.25, -0.2) is 4.98 Å². The predicted octanol–water partition coefficient (Wildman–Crippen LogP) is 4.51. The zero-order valence-corrected chi connectivity index (χ0v) is 18.3. The molecule has 8 heteroatoms. The number of thioether (sulfide) groups is 1. The first-order valence-corrected chi connectivity index (χ1v) is 10.5. The minimum absolute atomic E-state index is 0.0867. The van der Waals surface area contributed by atoms with Crippen LogP contribution in [-0.2, 0) is 11.2 Å². The lowest BCUT2D eigenvalue weighted by molar-refractivity contribution is -0.113. The molecule has 0 fully saturated rings. The number of halogens is 1. The Hall–Kier alpha value is -2.32. The molecule has 0 unspecified atom stereocenters. The summed E-state index contributed by atoms with van der Waals surface area (Å²) >= 11 is 4.80. The number of carbonyl (C=O) groups excluding carboxylic acids is 1. The Morgan fingerprint density at radius 3 is 2.64 bits per heavy atom. The normalized spacial score (nSPS) is 10.7. The van der Waals surface area contributed by atoms with Crippen molar-refractivity contribution in [2.45, 2.75) is 25.4 Å². The van der Waals surface area contributed by atoms with Gasteiger partial charge in [-0.3, -0.25) is 9.89 Å². The van der Waals surface area contributed by atoms with Gasteiger partial charge in [-0.2, -0.15) is 0 Å². The minimum Gasteiger partial charge on any atom is -0.497 e. The predicted molar refractivity (Wildman–Crippen MR) is 115 cm³/mol. The monoisotopic (exact) mass is 460 g/mol. The highest BCUT2D eigenvalue weighted by molar-refractivity contribution is 9.10. The average Bonchev–Trinajstić information content (AvgIpc) is 3.15. The lowest BCUT2D eigenvalue weighted by Crippen LogP contribution is -2.15. The summed E-state index contributed by atoms with van der Waals surface area (Å²) in [7, 11) is 1.64. The number of aromatic nitrogens is 3. The summed E-state index contributed by atoms with van der Waals surface area (Å²) in [5.74, 6) is 1.73. The van der Waals surface area contributed by atoms with Crippen molar-refractivity contribution in [3.63, 3.8) is 0 Å². The third kappa shape index (κ3) is 5.14. The number of H-pyrrole nitrogens is 1. The van der Waals surface area contributed by atoms with E-state index in [9.17, 15) is 4.79 Å². The van der Waals surface area contributed by atoms with Crippen LogP contribution >= 0.6 is 27.7 Å². The minimum atomic E-state index is -0.0867. The molecule has 0 radical (unpaired) electrons. The fourth-order valence-corrected chi connectivity index (χ4v) is 3.64. The molecular formula is C20H21BrN4O2S. The number of ether oxygens (including phenoxy) is 1. The number of hydrogen-bond acceptors (Lipinski definition) is 5. The van der Waals surface area contributed by atoms with Crippen LogP contribution in [0.15, 0.2) is 46.0 Å². The fourth-order valence-electron chi connectivity index (χ4n) is 2.60. The van der Waals surface area contributed by atoms with E-state index in [0.717, 1.165) is 38.4 Å². The van der Waals surface area contributed by atoms with Gasteiger partial charge in [-0.05, 0) is 54.8 Å². The van der Waals surface area contributed by atoms with E-state index in [0.29, 0.717) is 11.6 Å². The number of aromatic amines is 1. The summed E-state index contributed by atoms with van der Waals surface area (Å²) in [5, 5.41) is 10.6. The second-order valence-corrected chi connectivity index (χ2v) is 8.07. The average molecular weight is 461 g/mol. The van der Waals surface area contributed by atoms with Crippen LogP contribution < -0.4 is 10.1 Å². The molecule has 3 rings (SSSR count). The second-order valence-electron chi connectivity index (χ2n) is 6.27. The third-order valence-corrected chi connectivity index (χ3v) is 6.08. The van der Waals surface area contributed by atoms with Gasteiger partial charge >= 0.3 is 0 Å². The van der Waals surface area contributed by atoms with Crippen molar-refractivity contribution >= 4 is 39.3 Å². The first-order valence-electron chi connectivity index (χ1n) is 8.69. The van der Waals surface area contributed by atoms with Crippen molar-refractivity contribution in [3.8, 4) is 5.75 Å². The molecule has 0 aliphatic rings. The topological polar surface area (TPSA) is 79.9 Å². The number of anilines is 1. The SMILES string of the molecule is COc1ccc(Cc2nc(SCC(=O)Nc3ccc(Br)c(C)c3C)n[nH]2)cc1. The zero-order chi connectivity index (χ0) is 20.1. The van der Waals surface area contributed by atoms with E-state index in [2.05, 4.69) is 36.4 Å². The highest BCUT2D eigenvalue weighted by Gasteiger charge is 2.11. The van der Waals surface area contributed by atoms with Crippen molar-refractivity contribution < 1.29 is 9.53 Å². The molecule has 2 aromatic carbocycles. The number of rotatable bonds is 7. The van der Waals surface area contributed by atoms with Gasteiger partial charge in [0.25, 0.3) is 0 Å². The van der Waals surface area contributed by atoms with Crippen LogP contribution in [0.4, 0.5) is 5.69 Å². The molecule has 2 N–H and O–H groups in total. The highest BCUT2D eigenvalue weighted by Crippen LogP contribution is 2.26. The van der Waals surface area contributed by atoms with Gasteiger partial charge in [0.1, 0.15) is 11.6 Å². The van der Waals surface area contributed by atoms with Crippen LogP contribution in [0.25, 0.3) is 0 Å². The van der Waals surface area contributed by atoms with Gasteiger partial charge < -0.3 is 10.1 Å². The Labute approximate surface area is 176 Å². The molecule has 0 spiro atoms. The van der Waals surface area contributed by atoms with E-state index < -0.39 is 0 Å². The number of methoxy groups -OCH3 is 1. The lowest BCUT2D eigenvalue weighted by atomic mass is 10.1. The number of hydrogen-bond donors (Lipinski definition) is 2. The van der Waals surface area contributed by atoms with Gasteiger partial charge in [-0.15, -0.1) is 5.10 Å². The quantitative estimate of drug-likeness (QED) is 0.506. The Morgan fingerprint density at radius 1 is 1.18 bits per heavy atom. The Kier molecular flexibility index (Phi) is 6.74. The molecule has 28 heavy (non-hydrogen) atoms. The smallest absolute Gasteiger partial charge is 0.234 e. The maximum absolute atomic E-state index is 12.3. The number of amides is 1. The first-order chi connectivity index (χ1) is 13.5. The van der Waals surface area contributed by atoms with Crippen LogP contribution in [0, 0.1) is 13.8 Å². The van der Waals surface area contributed by atoms with E-state index in [-0.39, 0.29) is 11.7 Å². The van der Waals surface area contributed by atoms with Crippen molar-refractivity contribution in [3.05, 3.63) is 63.4 Å². The molecule has 146 valence electrons. The summed E-state index contributed by atoms with van der Waals surface area (Å²) < 4.78 is 6.19. The van der Waals surface area contributed by atoms with E-state index in [4.69, 9.17) is 4.74 Å². The number of benzene rings is 2. The van der Waals surface area contributed by atoms with Gasteiger partial charge in [0.15, 0.2) is 0 Å². The number of nitrogens with one attached hydrogen (secondary N) is 2. The van der Waals surface area contributed by atoms with Gasteiger partial charge in [0.2, 0.25) is 11.1 Å². The van der Waals surface area contributed by atoms with Crippen LogP contribution in [0.1, 0.15) is 22.5 Å². The standard InChI is InChI=1S/C20H21BrN4O2S/c1-12-13(2)17(9-8-16(12)21)22-19(26)11-28-20-23-18(24-25-20)10-14-4-6-15(27-3)7-5-14/h4-9H,10-11H2,1-3H3,(H,22,26)(H,23,24,25). The van der Waals surface area contributed by atoms with E-state index in [1.54, 1.807) is 7.11 Å². The van der Waals surface area contributed by atoms with Crippen molar-refractivity contribution in [1.29, 1.82) is 0 Å². The first kappa shape index (κ1) is 20.4. The molecule has 1 amide bonds. The molecule has 1 aromatic heterocycles. The van der Waals surface area contributed by atoms with Crippen molar-refractivity contribution in [1.82, 2.24) is 15.2 Å². The highest BCUT2D eigenvalue weighted by atomic mass is 79.9.